The molecule has 0 bridgehead atoms. The summed E-state index contributed by atoms with van der Waals surface area (Å²) in [6.07, 6.45) is 0. The molecule has 1 fully saturated rings. The molecular weight excluding hydrogens is 290 g/mol. The summed E-state index contributed by atoms with van der Waals surface area (Å²) in [5.41, 5.74) is 0.406. The molecule has 0 spiro atoms. The molecule has 2 aromatic rings. The zero-order valence-corrected chi connectivity index (χ0v) is 14.0. The maximum Gasteiger partial charge on any atom is 0.270 e. The maximum absolute atomic E-state index is 13.0. The van der Waals surface area contributed by atoms with Crippen LogP contribution < -0.4 is 5.56 Å². The van der Waals surface area contributed by atoms with E-state index in [-0.39, 0.29) is 17.5 Å². The molecular formula is C18H23N3O2. The number of carbonyl (C=O) groups is 1. The Morgan fingerprint density at radius 2 is 1.74 bits per heavy atom. The molecule has 0 atom stereocenters. The summed E-state index contributed by atoms with van der Waals surface area (Å²) in [6, 6.07) is 9.26. The maximum atomic E-state index is 13.0. The van der Waals surface area contributed by atoms with Crippen molar-refractivity contribution in [2.24, 2.45) is 0 Å². The molecule has 122 valence electrons. The number of piperazine rings is 1. The van der Waals surface area contributed by atoms with E-state index in [2.05, 4.69) is 11.9 Å². The van der Waals surface area contributed by atoms with Crippen LogP contribution in [0.5, 0.6) is 0 Å². The van der Waals surface area contributed by atoms with E-state index in [0.29, 0.717) is 24.2 Å². The number of fused-ring (bicyclic) bond motifs is 1. The van der Waals surface area contributed by atoms with Crippen molar-refractivity contribution >= 4 is 16.7 Å². The molecule has 0 unspecified atom stereocenters. The predicted molar refractivity (Wildman–Crippen MR) is 92.0 cm³/mol. The molecule has 3 rings (SSSR count). The number of amides is 1. The van der Waals surface area contributed by atoms with Gasteiger partial charge in [-0.05, 0) is 38.4 Å². The molecule has 1 aromatic heterocycles. The van der Waals surface area contributed by atoms with Gasteiger partial charge < -0.3 is 14.4 Å². The summed E-state index contributed by atoms with van der Waals surface area (Å²) in [5.74, 6) is -0.0466. The Balaban J connectivity index is 2.10. The van der Waals surface area contributed by atoms with Gasteiger partial charge in [-0.1, -0.05) is 18.2 Å². The van der Waals surface area contributed by atoms with E-state index in [1.807, 2.05) is 49.1 Å². The SMILES string of the molecule is CC(C)n1c(C(=O)N2CCN(C)CC2)cc2ccccc2c1=O. The van der Waals surface area contributed by atoms with Crippen LogP contribution in [0, 0.1) is 0 Å². The lowest BCUT2D eigenvalue weighted by molar-refractivity contribution is 0.0650. The summed E-state index contributed by atoms with van der Waals surface area (Å²) < 4.78 is 1.63. The van der Waals surface area contributed by atoms with Crippen molar-refractivity contribution in [3.63, 3.8) is 0 Å². The number of pyridine rings is 1. The molecule has 1 aromatic carbocycles. The number of aromatic nitrogens is 1. The van der Waals surface area contributed by atoms with Crippen molar-refractivity contribution in [2.45, 2.75) is 19.9 Å². The van der Waals surface area contributed by atoms with E-state index < -0.39 is 0 Å². The van der Waals surface area contributed by atoms with Crippen LogP contribution in [0.25, 0.3) is 10.8 Å². The summed E-state index contributed by atoms with van der Waals surface area (Å²) in [5, 5.41) is 1.49. The van der Waals surface area contributed by atoms with E-state index in [4.69, 9.17) is 0 Å². The van der Waals surface area contributed by atoms with Gasteiger partial charge in [-0.2, -0.15) is 0 Å². The summed E-state index contributed by atoms with van der Waals surface area (Å²) in [4.78, 5) is 29.8. The van der Waals surface area contributed by atoms with Gasteiger partial charge in [0.2, 0.25) is 0 Å². The van der Waals surface area contributed by atoms with E-state index in [0.717, 1.165) is 18.5 Å². The summed E-state index contributed by atoms with van der Waals surface area (Å²) in [7, 11) is 2.06. The van der Waals surface area contributed by atoms with E-state index in [9.17, 15) is 9.59 Å². The lowest BCUT2D eigenvalue weighted by Crippen LogP contribution is -2.48. The molecule has 0 aliphatic carbocycles. The number of benzene rings is 1. The van der Waals surface area contributed by atoms with Gasteiger partial charge in [0, 0.05) is 37.6 Å². The highest BCUT2D eigenvalue weighted by Gasteiger charge is 2.24. The molecule has 0 saturated carbocycles. The molecule has 0 N–H and O–H groups in total. The number of nitrogens with zero attached hydrogens (tertiary/aromatic N) is 3. The Morgan fingerprint density at radius 3 is 2.39 bits per heavy atom. The van der Waals surface area contributed by atoms with Crippen LogP contribution in [0.1, 0.15) is 30.4 Å². The lowest BCUT2D eigenvalue weighted by atomic mass is 10.1. The monoisotopic (exact) mass is 313 g/mol. The second kappa shape index (κ2) is 6.16. The first-order chi connectivity index (χ1) is 11.0. The summed E-state index contributed by atoms with van der Waals surface area (Å²) >= 11 is 0. The Bertz CT molecular complexity index is 786. The molecule has 0 radical (unpaired) electrons. The van der Waals surface area contributed by atoms with Gasteiger partial charge in [0.25, 0.3) is 11.5 Å². The van der Waals surface area contributed by atoms with Crippen molar-refractivity contribution in [3.05, 3.63) is 46.4 Å². The lowest BCUT2D eigenvalue weighted by Gasteiger charge is -2.33. The highest BCUT2D eigenvalue weighted by molar-refractivity contribution is 5.96. The van der Waals surface area contributed by atoms with Gasteiger partial charge in [-0.3, -0.25) is 9.59 Å². The highest BCUT2D eigenvalue weighted by atomic mass is 16.2. The number of carbonyl (C=O) groups excluding carboxylic acids is 1. The standard InChI is InChI=1S/C18H23N3O2/c1-13(2)21-16(18(23)20-10-8-19(3)9-11-20)12-14-6-4-5-7-15(14)17(21)22/h4-7,12-13H,8-11H2,1-3H3. The van der Waals surface area contributed by atoms with Gasteiger partial charge in [0.15, 0.2) is 0 Å². The second-order valence-electron chi connectivity index (χ2n) is 6.48. The smallest absolute Gasteiger partial charge is 0.270 e. The van der Waals surface area contributed by atoms with Gasteiger partial charge in [-0.25, -0.2) is 0 Å². The minimum absolute atomic E-state index is 0.0466. The van der Waals surface area contributed by atoms with Crippen molar-refractivity contribution in [2.75, 3.05) is 33.2 Å². The van der Waals surface area contributed by atoms with Crippen LogP contribution in [0.2, 0.25) is 0 Å². The average molecular weight is 313 g/mol. The fraction of sp³-hybridized carbons (Fsp3) is 0.444. The van der Waals surface area contributed by atoms with Crippen LogP contribution in [-0.2, 0) is 0 Å². The van der Waals surface area contributed by atoms with Crippen LogP contribution in [0.4, 0.5) is 0 Å². The Hall–Kier alpha value is -2.14. The molecule has 2 heterocycles. The van der Waals surface area contributed by atoms with Crippen LogP contribution in [0.15, 0.2) is 35.1 Å². The molecule has 1 amide bonds. The molecule has 1 aliphatic heterocycles. The van der Waals surface area contributed by atoms with Crippen molar-refractivity contribution in [1.29, 1.82) is 0 Å². The molecule has 1 saturated heterocycles. The van der Waals surface area contributed by atoms with Gasteiger partial charge in [0.1, 0.15) is 5.69 Å². The fourth-order valence-corrected chi connectivity index (χ4v) is 3.12. The Labute approximate surface area is 136 Å². The van der Waals surface area contributed by atoms with Crippen LogP contribution in [-0.4, -0.2) is 53.5 Å². The number of hydrogen-bond acceptors (Lipinski definition) is 3. The third kappa shape index (κ3) is 2.88. The van der Waals surface area contributed by atoms with Gasteiger partial charge in [0.05, 0.1) is 0 Å². The van der Waals surface area contributed by atoms with Crippen molar-refractivity contribution in [3.8, 4) is 0 Å². The van der Waals surface area contributed by atoms with E-state index in [1.165, 1.54) is 0 Å². The first kappa shape index (κ1) is 15.7. The van der Waals surface area contributed by atoms with E-state index >= 15 is 0 Å². The first-order valence-corrected chi connectivity index (χ1v) is 8.11. The zero-order chi connectivity index (χ0) is 16.6. The third-order valence-corrected chi connectivity index (χ3v) is 4.49. The Kier molecular flexibility index (Phi) is 4.22. The minimum atomic E-state index is -0.0874. The average Bonchev–Trinajstić information content (AvgIpc) is 2.54. The molecule has 5 nitrogen and oxygen atoms in total. The number of likely N-dealkylation sites (N-methyl/N-ethyl adjacent to an activating group) is 1. The third-order valence-electron chi connectivity index (χ3n) is 4.49. The fourth-order valence-electron chi connectivity index (χ4n) is 3.12. The topological polar surface area (TPSA) is 45.6 Å². The molecule has 1 aliphatic rings. The second-order valence-corrected chi connectivity index (χ2v) is 6.48. The predicted octanol–water partition coefficient (Wildman–Crippen LogP) is 1.97. The van der Waals surface area contributed by atoms with Crippen LogP contribution in [0.3, 0.4) is 0 Å². The van der Waals surface area contributed by atoms with Gasteiger partial charge >= 0.3 is 0 Å². The minimum Gasteiger partial charge on any atom is -0.335 e. The highest BCUT2D eigenvalue weighted by Crippen LogP contribution is 2.17. The Morgan fingerprint density at radius 1 is 1.09 bits per heavy atom. The first-order valence-electron chi connectivity index (χ1n) is 8.11. The quantitative estimate of drug-likeness (QED) is 0.851. The number of rotatable bonds is 2. The summed E-state index contributed by atoms with van der Waals surface area (Å²) in [6.45, 7) is 7.02. The van der Waals surface area contributed by atoms with E-state index in [1.54, 1.807) is 4.57 Å². The normalized spacial score (nSPS) is 16.3. The van der Waals surface area contributed by atoms with Gasteiger partial charge in [-0.15, -0.1) is 0 Å². The van der Waals surface area contributed by atoms with Crippen molar-refractivity contribution in [1.82, 2.24) is 14.4 Å². The van der Waals surface area contributed by atoms with Crippen molar-refractivity contribution < 1.29 is 4.79 Å². The van der Waals surface area contributed by atoms with Crippen LogP contribution >= 0.6 is 0 Å². The number of hydrogen-bond donors (Lipinski definition) is 0. The zero-order valence-electron chi connectivity index (χ0n) is 14.0. The largest absolute Gasteiger partial charge is 0.335 e. The molecule has 5 heteroatoms. The molecule has 23 heavy (non-hydrogen) atoms.